The van der Waals surface area contributed by atoms with Crippen LogP contribution in [0, 0.1) is 0 Å². The molecule has 1 saturated heterocycles. The zero-order valence-electron chi connectivity index (χ0n) is 10.6. The number of hydrogen-bond donors (Lipinski definition) is 1. The smallest absolute Gasteiger partial charge is 0.107 e. The Morgan fingerprint density at radius 1 is 1.65 bits per heavy atom. The van der Waals surface area contributed by atoms with Crippen molar-refractivity contribution in [1.29, 1.82) is 0 Å². The Bertz CT molecular complexity index is 342. The summed E-state index contributed by atoms with van der Waals surface area (Å²) in [6.45, 7) is 7.12. The van der Waals surface area contributed by atoms with Gasteiger partial charge < -0.3 is 10.1 Å². The lowest BCUT2D eigenvalue weighted by Gasteiger charge is -2.13. The minimum atomic E-state index is 0.412. The van der Waals surface area contributed by atoms with Gasteiger partial charge in [-0.25, -0.2) is 4.98 Å². The number of thiazole rings is 1. The zero-order chi connectivity index (χ0) is 12.1. The molecule has 1 aromatic rings. The Morgan fingerprint density at radius 3 is 3.24 bits per heavy atom. The highest BCUT2D eigenvalue weighted by molar-refractivity contribution is 7.09. The van der Waals surface area contributed by atoms with Gasteiger partial charge in [-0.15, -0.1) is 11.3 Å². The van der Waals surface area contributed by atoms with Gasteiger partial charge in [0, 0.05) is 38.7 Å². The van der Waals surface area contributed by atoms with Crippen LogP contribution in [0.25, 0.3) is 0 Å². The van der Waals surface area contributed by atoms with Crippen LogP contribution in [0.4, 0.5) is 0 Å². The molecule has 4 nitrogen and oxygen atoms in total. The number of hydrogen-bond acceptors (Lipinski definition) is 5. The van der Waals surface area contributed by atoms with E-state index >= 15 is 0 Å². The molecule has 1 aromatic heterocycles. The van der Waals surface area contributed by atoms with Gasteiger partial charge in [0.05, 0.1) is 11.8 Å². The molecule has 1 fully saturated rings. The number of nitrogens with one attached hydrogen (secondary N) is 1. The Hall–Kier alpha value is -0.490. The summed E-state index contributed by atoms with van der Waals surface area (Å²) in [4.78, 5) is 7.05. The summed E-state index contributed by atoms with van der Waals surface area (Å²) >= 11 is 1.75. The molecular formula is C12H21N3OS. The zero-order valence-corrected chi connectivity index (χ0v) is 11.4. The van der Waals surface area contributed by atoms with Crippen LogP contribution >= 0.6 is 11.3 Å². The van der Waals surface area contributed by atoms with E-state index in [-0.39, 0.29) is 0 Å². The number of aromatic nitrogens is 1. The molecule has 1 aliphatic heterocycles. The van der Waals surface area contributed by atoms with E-state index in [4.69, 9.17) is 4.74 Å². The van der Waals surface area contributed by atoms with Gasteiger partial charge in [0.25, 0.3) is 0 Å². The third kappa shape index (κ3) is 3.74. The average molecular weight is 255 g/mol. The molecule has 17 heavy (non-hydrogen) atoms. The molecule has 0 aliphatic carbocycles. The van der Waals surface area contributed by atoms with Gasteiger partial charge in [-0.1, -0.05) is 6.92 Å². The first kappa shape index (κ1) is 13.0. The van der Waals surface area contributed by atoms with E-state index in [0.29, 0.717) is 6.10 Å². The van der Waals surface area contributed by atoms with Crippen molar-refractivity contribution in [1.82, 2.24) is 15.2 Å². The lowest BCUT2D eigenvalue weighted by atomic mass is 10.3. The van der Waals surface area contributed by atoms with Crippen molar-refractivity contribution < 1.29 is 4.74 Å². The summed E-state index contributed by atoms with van der Waals surface area (Å²) in [6, 6.07) is 0. The largest absolute Gasteiger partial charge is 0.380 e. The fourth-order valence-corrected chi connectivity index (χ4v) is 2.85. The minimum Gasteiger partial charge on any atom is -0.380 e. The van der Waals surface area contributed by atoms with Crippen molar-refractivity contribution in [2.75, 3.05) is 26.7 Å². The lowest BCUT2D eigenvalue weighted by Crippen LogP contribution is -2.22. The van der Waals surface area contributed by atoms with Crippen molar-refractivity contribution in [3.05, 3.63) is 16.1 Å². The number of ether oxygens (including phenoxy) is 1. The van der Waals surface area contributed by atoms with Crippen LogP contribution in [0.5, 0.6) is 0 Å². The molecule has 0 amide bonds. The Labute approximate surface area is 107 Å². The maximum atomic E-state index is 5.37. The van der Waals surface area contributed by atoms with E-state index in [2.05, 4.69) is 27.5 Å². The molecule has 1 N–H and O–H groups in total. The van der Waals surface area contributed by atoms with Crippen LogP contribution in [0.2, 0.25) is 0 Å². The lowest BCUT2D eigenvalue weighted by molar-refractivity contribution is 0.107. The highest BCUT2D eigenvalue weighted by Crippen LogP contribution is 2.17. The van der Waals surface area contributed by atoms with Crippen LogP contribution in [0.15, 0.2) is 5.38 Å². The molecule has 0 saturated carbocycles. The number of rotatable bonds is 6. The average Bonchev–Trinajstić information content (AvgIpc) is 2.96. The normalized spacial score (nSPS) is 21.2. The van der Waals surface area contributed by atoms with Crippen molar-refractivity contribution in [3.63, 3.8) is 0 Å². The highest BCUT2D eigenvalue weighted by atomic mass is 32.1. The van der Waals surface area contributed by atoms with Gasteiger partial charge in [0.2, 0.25) is 0 Å². The Morgan fingerprint density at radius 2 is 2.53 bits per heavy atom. The third-order valence-corrected chi connectivity index (χ3v) is 3.97. The first-order valence-electron chi connectivity index (χ1n) is 6.21. The van der Waals surface area contributed by atoms with Crippen LogP contribution in [0.3, 0.4) is 0 Å². The highest BCUT2D eigenvalue weighted by Gasteiger charge is 2.22. The molecule has 2 heterocycles. The summed E-state index contributed by atoms with van der Waals surface area (Å²) in [6.07, 6.45) is 1.56. The fourth-order valence-electron chi connectivity index (χ4n) is 2.10. The van der Waals surface area contributed by atoms with E-state index in [0.717, 1.165) is 39.1 Å². The second kappa shape index (κ2) is 6.44. The fraction of sp³-hybridized carbons (Fsp3) is 0.750. The molecule has 0 spiro atoms. The first-order valence-corrected chi connectivity index (χ1v) is 7.09. The molecule has 0 radical (unpaired) electrons. The topological polar surface area (TPSA) is 37.4 Å². The summed E-state index contributed by atoms with van der Waals surface area (Å²) < 4.78 is 5.37. The summed E-state index contributed by atoms with van der Waals surface area (Å²) in [7, 11) is 1.80. The second-order valence-electron chi connectivity index (χ2n) is 4.39. The monoisotopic (exact) mass is 255 g/mol. The Balaban J connectivity index is 1.80. The molecule has 0 aromatic carbocycles. The minimum absolute atomic E-state index is 0.412. The van der Waals surface area contributed by atoms with Crippen molar-refractivity contribution in [2.24, 2.45) is 0 Å². The summed E-state index contributed by atoms with van der Waals surface area (Å²) in [5.41, 5.74) is 1.19. The maximum absolute atomic E-state index is 5.37. The third-order valence-electron chi connectivity index (χ3n) is 3.07. The van der Waals surface area contributed by atoms with E-state index in [1.165, 1.54) is 10.7 Å². The number of likely N-dealkylation sites (tertiary alicyclic amines) is 1. The molecule has 5 heteroatoms. The quantitative estimate of drug-likeness (QED) is 0.835. The molecule has 96 valence electrons. The van der Waals surface area contributed by atoms with Crippen molar-refractivity contribution in [2.45, 2.75) is 32.5 Å². The summed E-state index contributed by atoms with van der Waals surface area (Å²) in [5.74, 6) is 0. The predicted octanol–water partition coefficient (Wildman–Crippen LogP) is 1.47. The molecule has 2 rings (SSSR count). The van der Waals surface area contributed by atoms with E-state index in [9.17, 15) is 0 Å². The predicted molar refractivity (Wildman–Crippen MR) is 70.2 cm³/mol. The van der Waals surface area contributed by atoms with Gasteiger partial charge >= 0.3 is 0 Å². The van der Waals surface area contributed by atoms with Crippen molar-refractivity contribution >= 4 is 11.3 Å². The van der Waals surface area contributed by atoms with Crippen LogP contribution < -0.4 is 5.32 Å². The first-order chi connectivity index (χ1) is 8.31. The number of methoxy groups -OCH3 is 1. The number of nitrogens with zero attached hydrogens (tertiary/aromatic N) is 2. The van der Waals surface area contributed by atoms with Gasteiger partial charge in [-0.2, -0.15) is 0 Å². The molecular weight excluding hydrogens is 234 g/mol. The van der Waals surface area contributed by atoms with E-state index in [1.54, 1.807) is 18.4 Å². The van der Waals surface area contributed by atoms with Crippen molar-refractivity contribution in [3.8, 4) is 0 Å². The standard InChI is InChI=1S/C12H21N3OS/c1-3-13-6-12-14-10(9-17-12)7-15-5-4-11(8-15)16-2/h9,11,13H,3-8H2,1-2H3. The van der Waals surface area contributed by atoms with E-state index < -0.39 is 0 Å². The second-order valence-corrected chi connectivity index (χ2v) is 5.34. The van der Waals surface area contributed by atoms with Crippen LogP contribution in [0.1, 0.15) is 24.0 Å². The summed E-state index contributed by atoms with van der Waals surface area (Å²) in [5, 5.41) is 6.66. The SMILES string of the molecule is CCNCc1nc(CN2CCC(OC)C2)cs1. The molecule has 0 bridgehead atoms. The Kier molecular flexibility index (Phi) is 4.91. The molecule has 1 aliphatic rings. The van der Waals surface area contributed by atoms with Gasteiger partial charge in [-0.3, -0.25) is 4.90 Å². The van der Waals surface area contributed by atoms with Gasteiger partial charge in [-0.05, 0) is 13.0 Å². The molecule has 1 unspecified atom stereocenters. The van der Waals surface area contributed by atoms with Crippen LogP contribution in [-0.4, -0.2) is 42.7 Å². The van der Waals surface area contributed by atoms with Crippen LogP contribution in [-0.2, 0) is 17.8 Å². The van der Waals surface area contributed by atoms with E-state index in [1.807, 2.05) is 0 Å². The van der Waals surface area contributed by atoms with Gasteiger partial charge in [0.15, 0.2) is 0 Å². The maximum Gasteiger partial charge on any atom is 0.107 e. The van der Waals surface area contributed by atoms with Gasteiger partial charge in [0.1, 0.15) is 5.01 Å². The molecule has 1 atom stereocenters.